The molecule has 0 heterocycles. The van der Waals surface area contributed by atoms with E-state index in [2.05, 4.69) is 86.8 Å². The lowest BCUT2D eigenvalue weighted by molar-refractivity contribution is -0.151. The Hall–Kier alpha value is -2.44. The van der Waals surface area contributed by atoms with Crippen molar-refractivity contribution in [2.75, 3.05) is 6.61 Å². The minimum Gasteiger partial charge on any atom is -0.462 e. The standard InChI is InChI=1S/C51H91NO5/c1-4-7-10-13-16-19-21-23-25-27-29-32-35-38-41-44-51(56)57-47(42-39-36-33-31-28-26-24-22-20-17-14-11-8-5-2)45-50(55)52-48(46-53)49(54)43-40-37-34-30-18-15-12-9-6-3/h7,10,13,16,19,21,26,28,31,33,47-49,53-54H,4-6,8-9,11-12,14-15,17-18,20,22-25,27,29-30,32,34-46H2,1-3H3,(H,52,55)/b10-7+,16-13+,21-19+,28-26+,33-31+. The molecule has 0 saturated carbocycles. The number of esters is 1. The summed E-state index contributed by atoms with van der Waals surface area (Å²) in [5.41, 5.74) is 0. The zero-order valence-corrected chi connectivity index (χ0v) is 37.5. The second-order valence-electron chi connectivity index (χ2n) is 16.2. The van der Waals surface area contributed by atoms with Crippen molar-refractivity contribution in [1.82, 2.24) is 5.32 Å². The molecule has 0 aliphatic heterocycles. The summed E-state index contributed by atoms with van der Waals surface area (Å²) in [6, 6.07) is -0.717. The number of hydrogen-bond donors (Lipinski definition) is 3. The van der Waals surface area contributed by atoms with Gasteiger partial charge in [-0.05, 0) is 64.2 Å². The zero-order chi connectivity index (χ0) is 41.7. The van der Waals surface area contributed by atoms with E-state index in [0.717, 1.165) is 70.6 Å². The minimum absolute atomic E-state index is 0.0381. The molecular weight excluding hydrogens is 707 g/mol. The van der Waals surface area contributed by atoms with Gasteiger partial charge in [-0.25, -0.2) is 0 Å². The van der Waals surface area contributed by atoms with Gasteiger partial charge in [0.1, 0.15) is 6.10 Å². The van der Waals surface area contributed by atoms with Gasteiger partial charge in [0.15, 0.2) is 0 Å². The monoisotopic (exact) mass is 798 g/mol. The van der Waals surface area contributed by atoms with Gasteiger partial charge in [-0.15, -0.1) is 0 Å². The van der Waals surface area contributed by atoms with Crippen LogP contribution in [0.2, 0.25) is 0 Å². The first kappa shape index (κ1) is 54.6. The summed E-state index contributed by atoms with van der Waals surface area (Å²) in [5, 5.41) is 23.6. The highest BCUT2D eigenvalue weighted by Gasteiger charge is 2.24. The topological polar surface area (TPSA) is 95.9 Å². The summed E-state index contributed by atoms with van der Waals surface area (Å²) in [4.78, 5) is 26.0. The highest BCUT2D eigenvalue weighted by atomic mass is 16.5. The molecular formula is C51H91NO5. The van der Waals surface area contributed by atoms with E-state index in [9.17, 15) is 19.8 Å². The van der Waals surface area contributed by atoms with Crippen LogP contribution in [-0.2, 0) is 14.3 Å². The lowest BCUT2D eigenvalue weighted by atomic mass is 10.0. The van der Waals surface area contributed by atoms with Gasteiger partial charge in [0.2, 0.25) is 5.91 Å². The first-order chi connectivity index (χ1) is 28.0. The van der Waals surface area contributed by atoms with Gasteiger partial charge >= 0.3 is 5.97 Å². The van der Waals surface area contributed by atoms with Crippen molar-refractivity contribution in [1.29, 1.82) is 0 Å². The number of aliphatic hydroxyl groups is 2. The largest absolute Gasteiger partial charge is 0.462 e. The Bertz CT molecular complexity index is 1030. The molecule has 0 aliphatic carbocycles. The third kappa shape index (κ3) is 40.1. The number of hydrogen-bond acceptors (Lipinski definition) is 5. The molecule has 0 aromatic carbocycles. The van der Waals surface area contributed by atoms with E-state index in [0.29, 0.717) is 19.3 Å². The lowest BCUT2D eigenvalue weighted by Gasteiger charge is -2.24. The maximum Gasteiger partial charge on any atom is 0.306 e. The van der Waals surface area contributed by atoms with Gasteiger partial charge in [0.25, 0.3) is 0 Å². The molecule has 0 aromatic heterocycles. The third-order valence-electron chi connectivity index (χ3n) is 10.7. The van der Waals surface area contributed by atoms with E-state index in [-0.39, 0.29) is 24.9 Å². The van der Waals surface area contributed by atoms with Crippen molar-refractivity contribution >= 4 is 11.9 Å². The Labute approximate surface area is 352 Å². The Morgan fingerprint density at radius 3 is 1.47 bits per heavy atom. The van der Waals surface area contributed by atoms with Crippen LogP contribution < -0.4 is 5.32 Å². The minimum atomic E-state index is -0.800. The lowest BCUT2D eigenvalue weighted by Crippen LogP contribution is -2.46. The maximum atomic E-state index is 13.1. The Kier molecular flexibility index (Phi) is 42.7. The molecule has 0 spiro atoms. The van der Waals surface area contributed by atoms with E-state index in [1.54, 1.807) is 0 Å². The third-order valence-corrected chi connectivity index (χ3v) is 10.7. The SMILES string of the molecule is CC/C=C/C=C/C=C/CCCCCCCCCC(=O)OC(CCC/C=C/C=C/CCCCCCCCC)CC(=O)NC(CO)C(O)CCCCCCCCCCC. The molecule has 3 atom stereocenters. The molecule has 1 amide bonds. The highest BCUT2D eigenvalue weighted by molar-refractivity contribution is 5.77. The molecule has 57 heavy (non-hydrogen) atoms. The summed E-state index contributed by atoms with van der Waals surface area (Å²) in [6.45, 7) is 6.30. The summed E-state index contributed by atoms with van der Waals surface area (Å²) in [6.07, 6.45) is 54.3. The maximum absolute atomic E-state index is 13.1. The predicted octanol–water partition coefficient (Wildman–Crippen LogP) is 14.1. The van der Waals surface area contributed by atoms with Crippen molar-refractivity contribution in [3.8, 4) is 0 Å². The molecule has 0 aromatic rings. The van der Waals surface area contributed by atoms with Gasteiger partial charge in [-0.3, -0.25) is 9.59 Å². The van der Waals surface area contributed by atoms with Crippen molar-refractivity contribution in [2.24, 2.45) is 0 Å². The van der Waals surface area contributed by atoms with Crippen LogP contribution in [-0.4, -0.2) is 46.9 Å². The van der Waals surface area contributed by atoms with E-state index >= 15 is 0 Å². The molecule has 0 saturated heterocycles. The quantitative estimate of drug-likeness (QED) is 0.0325. The molecule has 6 nitrogen and oxygen atoms in total. The first-order valence-electron chi connectivity index (χ1n) is 24.1. The van der Waals surface area contributed by atoms with Gasteiger partial charge in [0.05, 0.1) is 25.2 Å². The van der Waals surface area contributed by atoms with Gasteiger partial charge in [0, 0.05) is 6.42 Å². The first-order valence-corrected chi connectivity index (χ1v) is 24.1. The average Bonchev–Trinajstić information content (AvgIpc) is 3.20. The number of carbonyl (C=O) groups excluding carboxylic acids is 2. The predicted molar refractivity (Wildman–Crippen MR) is 245 cm³/mol. The van der Waals surface area contributed by atoms with Crippen LogP contribution in [0.1, 0.15) is 226 Å². The fourth-order valence-electron chi connectivity index (χ4n) is 7.01. The van der Waals surface area contributed by atoms with Crippen molar-refractivity contribution in [3.63, 3.8) is 0 Å². The van der Waals surface area contributed by atoms with Crippen LogP contribution in [0.3, 0.4) is 0 Å². The van der Waals surface area contributed by atoms with Crippen LogP contribution in [0.25, 0.3) is 0 Å². The van der Waals surface area contributed by atoms with Crippen LogP contribution in [0.4, 0.5) is 0 Å². The van der Waals surface area contributed by atoms with Crippen molar-refractivity contribution < 1.29 is 24.5 Å². The van der Waals surface area contributed by atoms with E-state index < -0.39 is 18.2 Å². The highest BCUT2D eigenvalue weighted by Crippen LogP contribution is 2.16. The molecule has 0 radical (unpaired) electrons. The fraction of sp³-hybridized carbons (Fsp3) is 0.765. The summed E-state index contributed by atoms with van der Waals surface area (Å²) in [5.74, 6) is -0.537. The second-order valence-corrected chi connectivity index (χ2v) is 16.2. The number of nitrogens with one attached hydrogen (secondary N) is 1. The average molecular weight is 798 g/mol. The Morgan fingerprint density at radius 2 is 0.965 bits per heavy atom. The van der Waals surface area contributed by atoms with Gasteiger partial charge < -0.3 is 20.3 Å². The summed E-state index contributed by atoms with van der Waals surface area (Å²) >= 11 is 0. The zero-order valence-electron chi connectivity index (χ0n) is 37.5. The molecule has 3 N–H and O–H groups in total. The van der Waals surface area contributed by atoms with Gasteiger partial charge in [-0.1, -0.05) is 210 Å². The second kappa shape index (κ2) is 44.7. The Morgan fingerprint density at radius 1 is 0.526 bits per heavy atom. The molecule has 0 fully saturated rings. The van der Waals surface area contributed by atoms with Gasteiger partial charge in [-0.2, -0.15) is 0 Å². The normalized spacial score (nSPS) is 13.8. The smallest absolute Gasteiger partial charge is 0.306 e. The van der Waals surface area contributed by atoms with E-state index in [4.69, 9.17) is 4.74 Å². The number of carbonyl (C=O) groups is 2. The number of amides is 1. The molecule has 0 bridgehead atoms. The van der Waals surface area contributed by atoms with E-state index in [1.165, 1.54) is 109 Å². The number of rotatable bonds is 42. The number of aliphatic hydroxyl groups excluding tert-OH is 2. The van der Waals surface area contributed by atoms with Crippen LogP contribution in [0.5, 0.6) is 0 Å². The van der Waals surface area contributed by atoms with Crippen molar-refractivity contribution in [3.05, 3.63) is 60.8 Å². The molecule has 0 aliphatic rings. The number of allylic oxidation sites excluding steroid dienone is 10. The molecule has 0 rings (SSSR count). The summed E-state index contributed by atoms with van der Waals surface area (Å²) in [7, 11) is 0. The fourth-order valence-corrected chi connectivity index (χ4v) is 7.01. The Balaban J connectivity index is 4.68. The molecule has 3 unspecified atom stereocenters. The van der Waals surface area contributed by atoms with Crippen LogP contribution in [0, 0.1) is 0 Å². The van der Waals surface area contributed by atoms with Crippen LogP contribution in [0.15, 0.2) is 60.8 Å². The summed E-state index contributed by atoms with van der Waals surface area (Å²) < 4.78 is 5.88. The molecule has 330 valence electrons. The van der Waals surface area contributed by atoms with Crippen molar-refractivity contribution in [2.45, 2.75) is 244 Å². The number of unbranched alkanes of at least 4 members (excludes halogenated alkanes) is 23. The van der Waals surface area contributed by atoms with Crippen LogP contribution >= 0.6 is 0 Å². The van der Waals surface area contributed by atoms with E-state index in [1.807, 2.05) is 0 Å². The number of ether oxygens (including phenoxy) is 1. The molecule has 6 heteroatoms.